The van der Waals surface area contributed by atoms with Gasteiger partial charge in [-0.15, -0.1) is 0 Å². The first kappa shape index (κ1) is 22.2. The van der Waals surface area contributed by atoms with Gasteiger partial charge in [-0.25, -0.2) is 4.99 Å². The summed E-state index contributed by atoms with van der Waals surface area (Å²) >= 11 is 0. The number of hydrogen-bond acceptors (Lipinski definition) is 3. The van der Waals surface area contributed by atoms with E-state index in [1.807, 2.05) is 0 Å². The smallest absolute Gasteiger partial charge is 0.221 e. The van der Waals surface area contributed by atoms with Crippen LogP contribution in [-0.2, 0) is 17.9 Å². The maximum absolute atomic E-state index is 11.5. The lowest BCUT2D eigenvalue weighted by molar-refractivity contribution is -0.123. The second-order valence-corrected chi connectivity index (χ2v) is 8.10. The van der Waals surface area contributed by atoms with Gasteiger partial charge in [-0.3, -0.25) is 9.69 Å². The van der Waals surface area contributed by atoms with E-state index in [0.29, 0.717) is 12.5 Å². The molecule has 156 valence electrons. The summed E-state index contributed by atoms with van der Waals surface area (Å²) in [7, 11) is 0. The highest BCUT2D eigenvalue weighted by molar-refractivity contribution is 5.79. The zero-order valence-electron chi connectivity index (χ0n) is 17.7. The Morgan fingerprint density at radius 2 is 2.11 bits per heavy atom. The summed E-state index contributed by atoms with van der Waals surface area (Å²) in [6, 6.07) is 8.57. The lowest BCUT2D eigenvalue weighted by atomic mass is 9.97. The molecular weight excluding hydrogens is 350 g/mol. The second kappa shape index (κ2) is 11.7. The van der Waals surface area contributed by atoms with E-state index in [4.69, 9.17) is 10.7 Å². The number of carbonyl (C=O) groups is 1. The first-order valence-electron chi connectivity index (χ1n) is 10.6. The van der Waals surface area contributed by atoms with E-state index in [2.05, 4.69) is 60.6 Å². The van der Waals surface area contributed by atoms with Crippen molar-refractivity contribution >= 4 is 11.9 Å². The minimum Gasteiger partial charge on any atom is -0.369 e. The molecule has 0 aromatic heterocycles. The molecule has 1 aliphatic heterocycles. The number of amides is 1. The Kier molecular flexibility index (Phi) is 9.28. The molecule has 28 heavy (non-hydrogen) atoms. The average Bonchev–Trinajstić information content (AvgIpc) is 2.66. The van der Waals surface area contributed by atoms with E-state index < -0.39 is 0 Å². The number of piperidine rings is 1. The van der Waals surface area contributed by atoms with Crippen LogP contribution in [0, 0.1) is 11.8 Å². The van der Waals surface area contributed by atoms with Crippen LogP contribution in [0.5, 0.6) is 0 Å². The molecule has 6 heteroatoms. The molecule has 0 aliphatic carbocycles. The molecule has 2 rings (SSSR count). The third-order valence-electron chi connectivity index (χ3n) is 5.08. The molecule has 0 bridgehead atoms. The molecule has 0 radical (unpaired) electrons. The van der Waals surface area contributed by atoms with Crippen LogP contribution < -0.4 is 16.4 Å². The predicted molar refractivity (Wildman–Crippen MR) is 116 cm³/mol. The first-order valence-corrected chi connectivity index (χ1v) is 10.6. The SMILES string of the molecule is CCNC(=NCc1cccc(CN2CCCC(C(N)=O)C2)c1)NCCC(C)C. The van der Waals surface area contributed by atoms with Crippen molar-refractivity contribution in [3.63, 3.8) is 0 Å². The summed E-state index contributed by atoms with van der Waals surface area (Å²) < 4.78 is 0. The van der Waals surface area contributed by atoms with Crippen molar-refractivity contribution in [1.29, 1.82) is 0 Å². The zero-order valence-corrected chi connectivity index (χ0v) is 17.7. The number of primary amides is 1. The van der Waals surface area contributed by atoms with Crippen LogP contribution in [0.1, 0.15) is 51.2 Å². The van der Waals surface area contributed by atoms with Gasteiger partial charge in [0.15, 0.2) is 5.96 Å². The molecule has 4 N–H and O–H groups in total. The molecular formula is C22H37N5O. The Morgan fingerprint density at radius 1 is 1.32 bits per heavy atom. The summed E-state index contributed by atoms with van der Waals surface area (Å²) in [5, 5.41) is 6.71. The standard InChI is InChI=1S/C22H37N5O/c1-4-24-22(25-11-10-17(2)3)26-14-18-7-5-8-19(13-18)15-27-12-6-9-20(16-27)21(23)28/h5,7-8,13,17,20H,4,6,9-12,14-16H2,1-3H3,(H2,23,28)(H2,24,25,26). The summed E-state index contributed by atoms with van der Waals surface area (Å²) in [4.78, 5) is 18.5. The Labute approximate surface area is 170 Å². The molecule has 1 saturated heterocycles. The van der Waals surface area contributed by atoms with Crippen LogP contribution in [0.15, 0.2) is 29.3 Å². The highest BCUT2D eigenvalue weighted by atomic mass is 16.1. The van der Waals surface area contributed by atoms with Crippen molar-refractivity contribution in [3.05, 3.63) is 35.4 Å². The van der Waals surface area contributed by atoms with E-state index in [1.165, 1.54) is 11.1 Å². The van der Waals surface area contributed by atoms with Gasteiger partial charge >= 0.3 is 0 Å². The van der Waals surface area contributed by atoms with Gasteiger partial charge in [0.05, 0.1) is 12.5 Å². The summed E-state index contributed by atoms with van der Waals surface area (Å²) in [5.74, 6) is 1.36. The summed E-state index contributed by atoms with van der Waals surface area (Å²) in [6.45, 7) is 11.6. The van der Waals surface area contributed by atoms with Gasteiger partial charge < -0.3 is 16.4 Å². The molecule has 1 aliphatic rings. The van der Waals surface area contributed by atoms with Crippen molar-refractivity contribution in [3.8, 4) is 0 Å². The van der Waals surface area contributed by atoms with Gasteiger partial charge in [0.2, 0.25) is 5.91 Å². The topological polar surface area (TPSA) is 82.8 Å². The first-order chi connectivity index (χ1) is 13.5. The number of aliphatic imine (C=N–C) groups is 1. The quantitative estimate of drug-likeness (QED) is 0.449. The second-order valence-electron chi connectivity index (χ2n) is 8.10. The van der Waals surface area contributed by atoms with Crippen LogP contribution in [0.2, 0.25) is 0 Å². The number of benzene rings is 1. The number of nitrogens with two attached hydrogens (primary N) is 1. The molecule has 0 saturated carbocycles. The third-order valence-corrected chi connectivity index (χ3v) is 5.08. The van der Waals surface area contributed by atoms with Crippen molar-refractivity contribution < 1.29 is 4.79 Å². The average molecular weight is 388 g/mol. The fourth-order valence-corrected chi connectivity index (χ4v) is 3.51. The van der Waals surface area contributed by atoms with E-state index in [1.54, 1.807) is 0 Å². The normalized spacial score (nSPS) is 18.3. The van der Waals surface area contributed by atoms with E-state index in [9.17, 15) is 4.79 Å². The van der Waals surface area contributed by atoms with E-state index in [0.717, 1.165) is 57.9 Å². The van der Waals surface area contributed by atoms with Crippen LogP contribution in [0.3, 0.4) is 0 Å². The molecule has 0 spiro atoms. The number of nitrogens with one attached hydrogen (secondary N) is 2. The Bertz CT molecular complexity index is 644. The molecule has 6 nitrogen and oxygen atoms in total. The molecule has 1 aromatic rings. The van der Waals surface area contributed by atoms with Gasteiger partial charge in [0.1, 0.15) is 0 Å². The van der Waals surface area contributed by atoms with Crippen LogP contribution >= 0.6 is 0 Å². The fourth-order valence-electron chi connectivity index (χ4n) is 3.51. The van der Waals surface area contributed by atoms with Crippen molar-refractivity contribution in [1.82, 2.24) is 15.5 Å². The molecule has 1 fully saturated rings. The number of guanidine groups is 1. The molecule has 1 atom stereocenters. The van der Waals surface area contributed by atoms with E-state index >= 15 is 0 Å². The highest BCUT2D eigenvalue weighted by Crippen LogP contribution is 2.19. The van der Waals surface area contributed by atoms with Gasteiger partial charge in [-0.05, 0) is 49.8 Å². The Balaban J connectivity index is 1.92. The molecule has 1 heterocycles. The lowest BCUT2D eigenvalue weighted by Crippen LogP contribution is -2.40. The lowest BCUT2D eigenvalue weighted by Gasteiger charge is -2.31. The fraction of sp³-hybridized carbons (Fsp3) is 0.636. The van der Waals surface area contributed by atoms with Crippen LogP contribution in [0.25, 0.3) is 0 Å². The zero-order chi connectivity index (χ0) is 20.4. The largest absolute Gasteiger partial charge is 0.369 e. The Hall–Kier alpha value is -2.08. The number of rotatable bonds is 9. The van der Waals surface area contributed by atoms with Gasteiger partial charge in [0.25, 0.3) is 0 Å². The highest BCUT2D eigenvalue weighted by Gasteiger charge is 2.23. The predicted octanol–water partition coefficient (Wildman–Crippen LogP) is 2.49. The Morgan fingerprint density at radius 3 is 2.82 bits per heavy atom. The number of nitrogens with zero attached hydrogens (tertiary/aromatic N) is 2. The summed E-state index contributed by atoms with van der Waals surface area (Å²) in [6.07, 6.45) is 3.07. The van der Waals surface area contributed by atoms with Gasteiger partial charge in [0, 0.05) is 26.2 Å². The molecule has 1 aromatic carbocycles. The van der Waals surface area contributed by atoms with Crippen molar-refractivity contribution in [2.24, 2.45) is 22.6 Å². The van der Waals surface area contributed by atoms with Crippen molar-refractivity contribution in [2.45, 2.75) is 53.1 Å². The third kappa shape index (κ3) is 7.89. The van der Waals surface area contributed by atoms with Crippen LogP contribution in [-0.4, -0.2) is 42.9 Å². The van der Waals surface area contributed by atoms with Crippen molar-refractivity contribution in [2.75, 3.05) is 26.2 Å². The van der Waals surface area contributed by atoms with E-state index in [-0.39, 0.29) is 11.8 Å². The monoisotopic (exact) mass is 387 g/mol. The van der Waals surface area contributed by atoms with Crippen LogP contribution in [0.4, 0.5) is 0 Å². The summed E-state index contributed by atoms with van der Waals surface area (Å²) in [5.41, 5.74) is 7.95. The molecule has 1 unspecified atom stereocenters. The number of likely N-dealkylation sites (tertiary alicyclic amines) is 1. The molecule has 1 amide bonds. The maximum Gasteiger partial charge on any atom is 0.221 e. The number of carbonyl (C=O) groups excluding carboxylic acids is 1. The van der Waals surface area contributed by atoms with Gasteiger partial charge in [-0.2, -0.15) is 0 Å². The number of hydrogen-bond donors (Lipinski definition) is 3. The maximum atomic E-state index is 11.5. The van der Waals surface area contributed by atoms with Gasteiger partial charge in [-0.1, -0.05) is 38.1 Å². The minimum absolute atomic E-state index is 0.0128. The minimum atomic E-state index is -0.172.